The monoisotopic (exact) mass is 1050 g/mol. The number of hydrogen-bond donors (Lipinski definition) is 2. The van der Waals surface area contributed by atoms with Gasteiger partial charge in [0.2, 0.25) is 11.8 Å². The van der Waals surface area contributed by atoms with Gasteiger partial charge in [-0.1, -0.05) is 71.7 Å². The second-order valence-corrected chi connectivity index (χ2v) is 21.6. The average molecular weight is 1050 g/mol. The molecule has 4 aliphatic rings. The van der Waals surface area contributed by atoms with Gasteiger partial charge in [-0.15, -0.1) is 0 Å². The normalized spacial score (nSPS) is 20.6. The van der Waals surface area contributed by atoms with Crippen LogP contribution in [0.5, 0.6) is 0 Å². The van der Waals surface area contributed by atoms with Crippen LogP contribution in [0, 0.1) is 11.6 Å². The number of primary amides is 2. The SMILES string of the molecule is CC1CN(C(=O)c2c(CN3CCC(c4c(F)cccc4Cl)CC3)c3ccccc3n2C(C(N)=O)C(C(N)=O)n2c(C(=O)N3CCCCC3)c(CN3CCC(c4c(F)cccc4Cl)CC3)c3ccccc32)CC(C)O1. The number of para-hydroxylation sites is 2. The molecule has 74 heavy (non-hydrogen) atoms. The highest BCUT2D eigenvalue weighted by molar-refractivity contribution is 6.31. The molecule has 0 spiro atoms. The first-order chi connectivity index (χ1) is 35.7. The summed E-state index contributed by atoms with van der Waals surface area (Å²) >= 11 is 13.1. The number of fused-ring (bicyclic) bond motifs is 2. The van der Waals surface area contributed by atoms with E-state index in [2.05, 4.69) is 9.80 Å². The zero-order valence-corrected chi connectivity index (χ0v) is 43.5. The zero-order chi connectivity index (χ0) is 51.9. The number of nitrogens with two attached hydrogens (primary N) is 2. The molecule has 390 valence electrons. The number of piperidine rings is 3. The largest absolute Gasteiger partial charge is 0.372 e. The smallest absolute Gasteiger partial charge is 0.271 e. The summed E-state index contributed by atoms with van der Waals surface area (Å²) in [4.78, 5) is 68.8. The van der Waals surface area contributed by atoms with Crippen molar-refractivity contribution >= 4 is 68.6 Å². The summed E-state index contributed by atoms with van der Waals surface area (Å²) < 4.78 is 39.7. The first kappa shape index (κ1) is 51.6. The molecule has 6 aromatic rings. The standard InChI is InChI=1S/C57H64Cl2F2N8O5/c1-34-30-67(31-35(2)74-34)57(73)51-41(33-65-28-22-37(23-29-65)49-43(59)15-11-17-45(49)61)39-13-5-7-19-47(39)69(51)53(55(63)71)52(54(62)70)68-46-18-6-4-12-38(46)40(50(68)56(72)66-24-8-3-9-25-66)32-64-26-20-36(21-27-64)48-42(58)14-10-16-44(48)60/h4-7,10-19,34-37,52-53H,3,8-9,20-33H2,1-2H3,(H2,62,70)(H2,63,71). The number of carbonyl (C=O) groups excluding carboxylic acids is 4. The lowest BCUT2D eigenvalue weighted by atomic mass is 9.88. The lowest BCUT2D eigenvalue weighted by molar-refractivity contribution is -0.129. The quantitative estimate of drug-likeness (QED) is 0.117. The summed E-state index contributed by atoms with van der Waals surface area (Å²) in [5, 5.41) is 2.18. The lowest BCUT2D eigenvalue weighted by Crippen LogP contribution is -2.50. The Morgan fingerprint density at radius 3 is 1.38 bits per heavy atom. The molecule has 10 rings (SSSR count). The molecule has 4 unspecified atom stereocenters. The highest BCUT2D eigenvalue weighted by atomic mass is 35.5. The summed E-state index contributed by atoms with van der Waals surface area (Å²) in [6.07, 6.45) is 4.45. The second-order valence-electron chi connectivity index (χ2n) is 20.8. The molecule has 4 amide bonds. The van der Waals surface area contributed by atoms with Crippen molar-refractivity contribution in [3.8, 4) is 0 Å². The van der Waals surface area contributed by atoms with Gasteiger partial charge in [0.05, 0.1) is 12.2 Å². The maximum absolute atomic E-state index is 15.7. The van der Waals surface area contributed by atoms with Gasteiger partial charge in [0, 0.05) is 93.4 Å². The fourth-order valence-electron chi connectivity index (χ4n) is 12.6. The summed E-state index contributed by atoms with van der Waals surface area (Å²) in [7, 11) is 0. The number of morpholine rings is 1. The fourth-order valence-corrected chi connectivity index (χ4v) is 13.3. The van der Waals surface area contributed by atoms with Crippen LogP contribution in [0.2, 0.25) is 10.0 Å². The van der Waals surface area contributed by atoms with Gasteiger partial charge in [0.1, 0.15) is 35.1 Å². The van der Waals surface area contributed by atoms with Crippen molar-refractivity contribution in [1.82, 2.24) is 28.7 Å². The van der Waals surface area contributed by atoms with Crippen LogP contribution >= 0.6 is 23.2 Å². The van der Waals surface area contributed by atoms with E-state index in [1.807, 2.05) is 67.3 Å². The molecule has 4 saturated heterocycles. The Morgan fingerprint density at radius 1 is 0.568 bits per heavy atom. The molecule has 0 radical (unpaired) electrons. The molecular formula is C57H64Cl2F2N8O5. The lowest BCUT2D eigenvalue weighted by Gasteiger charge is -2.37. The minimum Gasteiger partial charge on any atom is -0.372 e. The van der Waals surface area contributed by atoms with E-state index in [4.69, 9.17) is 39.4 Å². The molecule has 6 heterocycles. The first-order valence-electron chi connectivity index (χ1n) is 26.1. The molecule has 0 aliphatic carbocycles. The molecule has 0 bridgehead atoms. The van der Waals surface area contributed by atoms with E-state index < -0.39 is 23.9 Å². The van der Waals surface area contributed by atoms with Crippen molar-refractivity contribution in [2.75, 3.05) is 52.4 Å². The van der Waals surface area contributed by atoms with Crippen LogP contribution in [0.15, 0.2) is 84.9 Å². The molecule has 0 saturated carbocycles. The van der Waals surface area contributed by atoms with Gasteiger partial charge in [-0.2, -0.15) is 0 Å². The third kappa shape index (κ3) is 9.93. The van der Waals surface area contributed by atoms with Crippen molar-refractivity contribution in [1.29, 1.82) is 0 Å². The van der Waals surface area contributed by atoms with Crippen molar-refractivity contribution in [2.45, 2.75) is 108 Å². The van der Waals surface area contributed by atoms with Crippen LogP contribution in [0.3, 0.4) is 0 Å². The number of nitrogens with zero attached hydrogens (tertiary/aromatic N) is 6. The van der Waals surface area contributed by atoms with Crippen LogP contribution in [0.25, 0.3) is 21.8 Å². The number of ether oxygens (including phenoxy) is 1. The van der Waals surface area contributed by atoms with E-state index in [0.717, 1.165) is 19.3 Å². The van der Waals surface area contributed by atoms with Crippen LogP contribution < -0.4 is 11.5 Å². The molecule has 13 nitrogen and oxygen atoms in total. The van der Waals surface area contributed by atoms with E-state index >= 15 is 18.4 Å². The van der Waals surface area contributed by atoms with Gasteiger partial charge in [-0.05, 0) is 133 Å². The third-order valence-corrected chi connectivity index (χ3v) is 16.6. The van der Waals surface area contributed by atoms with E-state index in [-0.39, 0.29) is 78.5 Å². The highest BCUT2D eigenvalue weighted by Gasteiger charge is 2.44. The van der Waals surface area contributed by atoms with Gasteiger partial charge >= 0.3 is 0 Å². The van der Waals surface area contributed by atoms with Gasteiger partial charge in [-0.3, -0.25) is 29.0 Å². The summed E-state index contributed by atoms with van der Waals surface area (Å²) in [6, 6.07) is 21.1. The number of benzene rings is 4. The van der Waals surface area contributed by atoms with Crippen molar-refractivity contribution in [3.05, 3.63) is 140 Å². The molecule has 4 aromatic carbocycles. The molecule has 2 aromatic heterocycles. The Labute approximate surface area is 440 Å². The molecule has 4 atom stereocenters. The number of hydrogen-bond acceptors (Lipinski definition) is 7. The summed E-state index contributed by atoms with van der Waals surface area (Å²) in [6.45, 7) is 8.21. The number of carbonyl (C=O) groups is 4. The molecular weight excluding hydrogens is 986 g/mol. The van der Waals surface area contributed by atoms with E-state index in [0.29, 0.717) is 126 Å². The Hall–Kier alpha value is -5.84. The van der Waals surface area contributed by atoms with Crippen LogP contribution in [0.1, 0.15) is 126 Å². The highest BCUT2D eigenvalue weighted by Crippen LogP contribution is 2.43. The van der Waals surface area contributed by atoms with Crippen molar-refractivity contribution in [3.63, 3.8) is 0 Å². The Morgan fingerprint density at radius 2 is 0.973 bits per heavy atom. The number of rotatable bonds is 13. The first-order valence-corrected chi connectivity index (χ1v) is 26.8. The van der Waals surface area contributed by atoms with E-state index in [9.17, 15) is 9.59 Å². The topological polar surface area (TPSA) is 152 Å². The van der Waals surface area contributed by atoms with Gasteiger partial charge < -0.3 is 35.1 Å². The minimum atomic E-state index is -1.62. The number of likely N-dealkylation sites (tertiary alicyclic amines) is 3. The molecule has 4 N–H and O–H groups in total. The van der Waals surface area contributed by atoms with Gasteiger partial charge in [0.15, 0.2) is 0 Å². The predicted molar refractivity (Wildman–Crippen MR) is 283 cm³/mol. The van der Waals surface area contributed by atoms with Crippen LogP contribution in [-0.2, 0) is 27.4 Å². The van der Waals surface area contributed by atoms with Gasteiger partial charge in [0.25, 0.3) is 11.8 Å². The third-order valence-electron chi connectivity index (χ3n) is 16.0. The van der Waals surface area contributed by atoms with Crippen molar-refractivity contribution in [2.24, 2.45) is 11.5 Å². The van der Waals surface area contributed by atoms with Crippen LogP contribution in [0.4, 0.5) is 8.78 Å². The molecule has 17 heteroatoms. The van der Waals surface area contributed by atoms with Crippen LogP contribution in [-0.4, -0.2) is 117 Å². The summed E-state index contributed by atoms with van der Waals surface area (Å²) in [5.74, 6) is -3.39. The minimum absolute atomic E-state index is 0.0989. The van der Waals surface area contributed by atoms with E-state index in [1.54, 1.807) is 38.3 Å². The van der Waals surface area contributed by atoms with E-state index in [1.165, 1.54) is 12.1 Å². The average Bonchev–Trinajstić information content (AvgIpc) is 3.88. The number of aromatic nitrogens is 2. The fraction of sp³-hybridized carbons (Fsp3) is 0.439. The Balaban J connectivity index is 1.11. The molecule has 4 aliphatic heterocycles. The number of amides is 4. The predicted octanol–water partition coefficient (Wildman–Crippen LogP) is 9.57. The van der Waals surface area contributed by atoms with Crippen molar-refractivity contribution < 1.29 is 32.7 Å². The number of halogens is 4. The molecule has 4 fully saturated rings. The maximum atomic E-state index is 15.7. The van der Waals surface area contributed by atoms with Gasteiger partial charge in [-0.25, -0.2) is 8.78 Å². The zero-order valence-electron chi connectivity index (χ0n) is 42.0. The second kappa shape index (κ2) is 21.8. The summed E-state index contributed by atoms with van der Waals surface area (Å²) in [5.41, 5.74) is 17.0. The maximum Gasteiger partial charge on any atom is 0.271 e. The Bertz CT molecular complexity index is 3050. The Kier molecular flexibility index (Phi) is 15.2.